The number of hydrogen-bond acceptors (Lipinski definition) is 3. The molecule has 1 aliphatic rings. The highest BCUT2D eigenvalue weighted by atomic mass is 16.5. The maximum absolute atomic E-state index is 12.2. The molecule has 0 amide bonds. The molecular weight excluding hydrogens is 264 g/mol. The Labute approximate surface area is 124 Å². The van der Waals surface area contributed by atoms with Crippen molar-refractivity contribution in [2.24, 2.45) is 5.73 Å². The molecule has 0 radical (unpaired) electrons. The van der Waals surface area contributed by atoms with Crippen LogP contribution in [0.3, 0.4) is 0 Å². The molecule has 0 bridgehead atoms. The maximum Gasteiger partial charge on any atom is 0.251 e. The Kier molecular flexibility index (Phi) is 3.80. The van der Waals surface area contributed by atoms with Gasteiger partial charge >= 0.3 is 0 Å². The van der Waals surface area contributed by atoms with E-state index in [1.807, 2.05) is 34.9 Å². The zero-order valence-corrected chi connectivity index (χ0v) is 12.2. The number of rotatable bonds is 3. The zero-order chi connectivity index (χ0) is 14.8. The summed E-state index contributed by atoms with van der Waals surface area (Å²) >= 11 is 0. The minimum absolute atomic E-state index is 0.0404. The SMILES string of the molecule is COc1ccc(Cn2c3c(ccc2=O)C(N)CCC3)cc1. The van der Waals surface area contributed by atoms with E-state index in [1.54, 1.807) is 13.2 Å². The first-order valence-electron chi connectivity index (χ1n) is 7.30. The first-order chi connectivity index (χ1) is 10.2. The molecule has 0 aliphatic heterocycles. The predicted molar refractivity (Wildman–Crippen MR) is 82.7 cm³/mol. The number of pyridine rings is 1. The van der Waals surface area contributed by atoms with Crippen LogP contribution in [0.4, 0.5) is 0 Å². The Morgan fingerprint density at radius 3 is 2.71 bits per heavy atom. The number of ether oxygens (including phenoxy) is 1. The van der Waals surface area contributed by atoms with E-state index in [2.05, 4.69) is 0 Å². The van der Waals surface area contributed by atoms with Crippen LogP contribution in [0, 0.1) is 0 Å². The van der Waals surface area contributed by atoms with Gasteiger partial charge in [-0.15, -0.1) is 0 Å². The van der Waals surface area contributed by atoms with E-state index < -0.39 is 0 Å². The number of nitrogens with two attached hydrogens (primary N) is 1. The van der Waals surface area contributed by atoms with E-state index in [0.29, 0.717) is 6.54 Å². The lowest BCUT2D eigenvalue weighted by Crippen LogP contribution is -2.29. The standard InChI is InChI=1S/C17H20N2O2/c1-21-13-7-5-12(6-8-13)11-19-16-4-2-3-15(18)14(16)9-10-17(19)20/h5-10,15H,2-4,11,18H2,1H3. The summed E-state index contributed by atoms with van der Waals surface area (Å²) in [7, 11) is 1.65. The molecule has 21 heavy (non-hydrogen) atoms. The normalized spacial score (nSPS) is 17.3. The van der Waals surface area contributed by atoms with Crippen LogP contribution in [0.25, 0.3) is 0 Å². The molecule has 4 nitrogen and oxygen atoms in total. The fraction of sp³-hybridized carbons (Fsp3) is 0.353. The lowest BCUT2D eigenvalue weighted by Gasteiger charge is -2.25. The van der Waals surface area contributed by atoms with Crippen molar-refractivity contribution in [3.05, 3.63) is 63.6 Å². The molecule has 110 valence electrons. The number of methoxy groups -OCH3 is 1. The fourth-order valence-electron chi connectivity index (χ4n) is 2.98. The third-order valence-electron chi connectivity index (χ3n) is 4.16. The van der Waals surface area contributed by atoms with Gasteiger partial charge in [-0.2, -0.15) is 0 Å². The summed E-state index contributed by atoms with van der Waals surface area (Å²) in [4.78, 5) is 12.2. The molecule has 0 fully saturated rings. The monoisotopic (exact) mass is 284 g/mol. The lowest BCUT2D eigenvalue weighted by atomic mass is 9.91. The van der Waals surface area contributed by atoms with Crippen molar-refractivity contribution in [2.75, 3.05) is 7.11 Å². The van der Waals surface area contributed by atoms with E-state index in [9.17, 15) is 4.79 Å². The number of aromatic nitrogens is 1. The second-order valence-corrected chi connectivity index (χ2v) is 5.51. The van der Waals surface area contributed by atoms with Crippen molar-refractivity contribution in [3.63, 3.8) is 0 Å². The van der Waals surface area contributed by atoms with Gasteiger partial charge in [0.25, 0.3) is 5.56 Å². The number of fused-ring (bicyclic) bond motifs is 1. The molecule has 0 saturated carbocycles. The largest absolute Gasteiger partial charge is 0.497 e. The van der Waals surface area contributed by atoms with E-state index in [1.165, 1.54) is 0 Å². The van der Waals surface area contributed by atoms with E-state index in [4.69, 9.17) is 10.5 Å². The Bertz CT molecular complexity index is 689. The highest BCUT2D eigenvalue weighted by molar-refractivity contribution is 5.30. The molecule has 1 aromatic carbocycles. The second-order valence-electron chi connectivity index (χ2n) is 5.51. The first kappa shape index (κ1) is 13.9. The van der Waals surface area contributed by atoms with Crippen molar-refractivity contribution in [1.29, 1.82) is 0 Å². The van der Waals surface area contributed by atoms with E-state index >= 15 is 0 Å². The van der Waals surface area contributed by atoms with Gasteiger partial charge in [-0.25, -0.2) is 0 Å². The van der Waals surface area contributed by atoms with Crippen molar-refractivity contribution in [1.82, 2.24) is 4.57 Å². The molecule has 3 rings (SSSR count). The summed E-state index contributed by atoms with van der Waals surface area (Å²) in [6.45, 7) is 0.582. The van der Waals surface area contributed by atoms with Crippen LogP contribution in [0.15, 0.2) is 41.2 Å². The Morgan fingerprint density at radius 2 is 2.00 bits per heavy atom. The van der Waals surface area contributed by atoms with Gasteiger partial charge in [0.15, 0.2) is 0 Å². The molecular formula is C17H20N2O2. The van der Waals surface area contributed by atoms with E-state index in [-0.39, 0.29) is 11.6 Å². The third kappa shape index (κ3) is 2.72. The van der Waals surface area contributed by atoms with Crippen LogP contribution >= 0.6 is 0 Å². The Hall–Kier alpha value is -2.07. The summed E-state index contributed by atoms with van der Waals surface area (Å²) in [6.07, 6.45) is 2.96. The molecule has 1 atom stereocenters. The van der Waals surface area contributed by atoms with Gasteiger partial charge in [0, 0.05) is 17.8 Å². The van der Waals surface area contributed by atoms with Crippen LogP contribution in [0.2, 0.25) is 0 Å². The predicted octanol–water partition coefficient (Wildman–Crippen LogP) is 2.24. The molecule has 1 heterocycles. The maximum atomic E-state index is 12.2. The highest BCUT2D eigenvalue weighted by Crippen LogP contribution is 2.27. The molecule has 1 unspecified atom stereocenters. The lowest BCUT2D eigenvalue weighted by molar-refractivity contribution is 0.414. The fourth-order valence-corrected chi connectivity index (χ4v) is 2.98. The van der Waals surface area contributed by atoms with Gasteiger partial charge in [-0.05, 0) is 42.5 Å². The van der Waals surface area contributed by atoms with Crippen molar-refractivity contribution < 1.29 is 4.74 Å². The van der Waals surface area contributed by atoms with Gasteiger partial charge in [0.2, 0.25) is 0 Å². The van der Waals surface area contributed by atoms with Gasteiger partial charge in [0.1, 0.15) is 5.75 Å². The van der Waals surface area contributed by atoms with Gasteiger partial charge in [-0.1, -0.05) is 18.2 Å². The summed E-state index contributed by atoms with van der Waals surface area (Å²) in [6, 6.07) is 11.4. The van der Waals surface area contributed by atoms with Crippen LogP contribution < -0.4 is 16.0 Å². The Morgan fingerprint density at radius 1 is 1.24 bits per heavy atom. The average Bonchev–Trinajstić information content (AvgIpc) is 2.51. The summed E-state index contributed by atoms with van der Waals surface area (Å²) in [5, 5.41) is 0. The van der Waals surface area contributed by atoms with Gasteiger partial charge in [0.05, 0.1) is 13.7 Å². The van der Waals surface area contributed by atoms with Crippen LogP contribution in [0.5, 0.6) is 5.75 Å². The van der Waals surface area contributed by atoms with Crippen molar-refractivity contribution in [2.45, 2.75) is 31.8 Å². The van der Waals surface area contributed by atoms with Crippen LogP contribution in [-0.2, 0) is 13.0 Å². The third-order valence-corrected chi connectivity index (χ3v) is 4.16. The van der Waals surface area contributed by atoms with Crippen molar-refractivity contribution >= 4 is 0 Å². The molecule has 4 heteroatoms. The smallest absolute Gasteiger partial charge is 0.251 e. The zero-order valence-electron chi connectivity index (χ0n) is 12.2. The molecule has 0 saturated heterocycles. The number of hydrogen-bond donors (Lipinski definition) is 1. The van der Waals surface area contributed by atoms with Crippen molar-refractivity contribution in [3.8, 4) is 5.75 Å². The molecule has 2 aromatic rings. The summed E-state index contributed by atoms with van der Waals surface area (Å²) in [5.74, 6) is 0.822. The minimum Gasteiger partial charge on any atom is -0.497 e. The first-order valence-corrected chi connectivity index (χ1v) is 7.30. The summed E-state index contributed by atoms with van der Waals surface area (Å²) < 4.78 is 7.02. The molecule has 2 N–H and O–H groups in total. The van der Waals surface area contributed by atoms with Gasteiger partial charge in [-0.3, -0.25) is 4.79 Å². The molecule has 1 aliphatic carbocycles. The van der Waals surface area contributed by atoms with Crippen LogP contribution in [-0.4, -0.2) is 11.7 Å². The second kappa shape index (κ2) is 5.74. The number of nitrogens with zero attached hydrogens (tertiary/aromatic N) is 1. The molecule has 1 aromatic heterocycles. The topological polar surface area (TPSA) is 57.2 Å². The Balaban J connectivity index is 1.97. The minimum atomic E-state index is 0.0404. The average molecular weight is 284 g/mol. The summed E-state index contributed by atoms with van der Waals surface area (Å²) in [5.41, 5.74) is 9.51. The quantitative estimate of drug-likeness (QED) is 0.940. The number of benzene rings is 1. The van der Waals surface area contributed by atoms with E-state index in [0.717, 1.165) is 41.8 Å². The van der Waals surface area contributed by atoms with Gasteiger partial charge < -0.3 is 15.0 Å². The highest BCUT2D eigenvalue weighted by Gasteiger charge is 2.20. The van der Waals surface area contributed by atoms with Crippen LogP contribution in [0.1, 0.15) is 35.7 Å². The molecule has 0 spiro atoms.